The monoisotopic (exact) mass is 608 g/mol. The molecule has 0 spiro atoms. The topological polar surface area (TPSA) is 93.6 Å². The van der Waals surface area contributed by atoms with Gasteiger partial charge in [0.05, 0.1) is 34.3 Å². The number of hydrogen-bond donors (Lipinski definition) is 0. The van der Waals surface area contributed by atoms with E-state index in [1.807, 2.05) is 67.6 Å². The lowest BCUT2D eigenvalue weighted by Gasteiger charge is -2.19. The third-order valence-corrected chi connectivity index (χ3v) is 9.09. The van der Waals surface area contributed by atoms with Crippen molar-refractivity contribution in [3.63, 3.8) is 0 Å². The van der Waals surface area contributed by atoms with E-state index in [1.54, 1.807) is 42.5 Å². The molecule has 2 fully saturated rings. The van der Waals surface area contributed by atoms with Crippen molar-refractivity contribution in [2.75, 3.05) is 11.5 Å². The van der Waals surface area contributed by atoms with Crippen LogP contribution in [0.1, 0.15) is 52.0 Å². The van der Waals surface area contributed by atoms with E-state index in [9.17, 15) is 19.2 Å². The number of anilines is 1. The summed E-state index contributed by atoms with van der Waals surface area (Å²) in [6.45, 7) is 1.53. The number of pyridine rings is 1. The van der Waals surface area contributed by atoms with Crippen LogP contribution >= 0.6 is 0 Å². The minimum absolute atomic E-state index is 0.117. The normalized spacial score (nSPS) is 17.6. The summed E-state index contributed by atoms with van der Waals surface area (Å²) >= 11 is 0. The number of Topliss-reactive ketones (excluding diaryl/α,β-unsaturated/α-hetero) is 1. The molecule has 1 aliphatic carbocycles. The summed E-state index contributed by atoms with van der Waals surface area (Å²) in [6, 6.07) is 31.5. The zero-order valence-corrected chi connectivity index (χ0v) is 25.4. The first-order valence-corrected chi connectivity index (χ1v) is 15.6. The highest BCUT2D eigenvalue weighted by Gasteiger charge is 2.48. The number of aromatic nitrogens is 1. The Labute approximate surface area is 266 Å². The number of ketones is 1. The van der Waals surface area contributed by atoms with E-state index in [-0.39, 0.29) is 29.4 Å². The number of rotatable bonds is 7. The number of ether oxygens (including phenoxy) is 1. The Morgan fingerprint density at radius 1 is 0.761 bits per heavy atom. The van der Waals surface area contributed by atoms with E-state index in [4.69, 9.17) is 9.72 Å². The lowest BCUT2D eigenvalue weighted by Crippen LogP contribution is -2.30. The van der Waals surface area contributed by atoms with Crippen molar-refractivity contribution >= 4 is 40.2 Å². The summed E-state index contributed by atoms with van der Waals surface area (Å²) in [5, 5.41) is 0.626. The van der Waals surface area contributed by atoms with Gasteiger partial charge in [0.2, 0.25) is 11.8 Å². The number of amides is 2. The van der Waals surface area contributed by atoms with Crippen molar-refractivity contribution in [3.05, 3.63) is 120 Å². The molecule has 0 bridgehead atoms. The Kier molecular flexibility index (Phi) is 7.74. The zero-order valence-electron chi connectivity index (χ0n) is 25.4. The van der Waals surface area contributed by atoms with Crippen molar-refractivity contribution < 1.29 is 23.9 Å². The molecule has 1 saturated carbocycles. The molecule has 1 saturated heterocycles. The van der Waals surface area contributed by atoms with Gasteiger partial charge in [0.25, 0.3) is 0 Å². The Bertz CT molecular complexity index is 1960. The van der Waals surface area contributed by atoms with Gasteiger partial charge in [0.1, 0.15) is 0 Å². The lowest BCUT2D eigenvalue weighted by atomic mass is 9.81. The molecule has 5 aromatic rings. The second-order valence-corrected chi connectivity index (χ2v) is 12.1. The van der Waals surface area contributed by atoms with Crippen LogP contribution in [-0.4, -0.2) is 35.2 Å². The number of carbonyl (C=O) groups is 4. The zero-order chi connectivity index (χ0) is 31.8. The van der Waals surface area contributed by atoms with Crippen LogP contribution in [0.4, 0.5) is 5.69 Å². The quantitative estimate of drug-likeness (QED) is 0.107. The third-order valence-electron chi connectivity index (χ3n) is 9.09. The Morgan fingerprint density at radius 2 is 1.39 bits per heavy atom. The molecule has 2 atom stereocenters. The van der Waals surface area contributed by atoms with Gasteiger partial charge in [-0.1, -0.05) is 91.2 Å². The largest absolute Gasteiger partial charge is 0.454 e. The summed E-state index contributed by atoms with van der Waals surface area (Å²) in [5.74, 6) is -1.60. The minimum atomic E-state index is -0.624. The van der Waals surface area contributed by atoms with Gasteiger partial charge in [-0.15, -0.1) is 0 Å². The van der Waals surface area contributed by atoms with Gasteiger partial charge in [-0.25, -0.2) is 9.78 Å². The van der Waals surface area contributed by atoms with Crippen LogP contribution in [0.3, 0.4) is 0 Å². The molecule has 1 aromatic heterocycles. The second-order valence-electron chi connectivity index (χ2n) is 12.1. The average Bonchev–Trinajstić information content (AvgIpc) is 3.36. The molecule has 0 radical (unpaired) electrons. The Hall–Kier alpha value is -5.43. The standard InChI is InChI=1S/C39H32N2O5/c1-24-11-20-34-32(21-24)33(39(45)46-23-36(42)28-14-12-26(13-15-28)25-7-3-2-4-8-25)22-35(40-34)27-16-18-29(19-17-27)41-37(43)30-9-5-6-10-31(30)38(41)44/h2-4,7-8,11-22,30-31H,5-6,9-10,23H2,1H3. The predicted molar refractivity (Wildman–Crippen MR) is 176 cm³/mol. The van der Waals surface area contributed by atoms with Gasteiger partial charge < -0.3 is 4.74 Å². The summed E-state index contributed by atoms with van der Waals surface area (Å²) in [5.41, 5.74) is 6.15. The highest BCUT2D eigenvalue weighted by Crippen LogP contribution is 2.40. The summed E-state index contributed by atoms with van der Waals surface area (Å²) in [6.07, 6.45) is 3.46. The molecule has 4 aromatic carbocycles. The van der Waals surface area contributed by atoms with Crippen molar-refractivity contribution in [2.45, 2.75) is 32.6 Å². The first-order valence-electron chi connectivity index (χ1n) is 15.6. The number of esters is 1. The fraction of sp³-hybridized carbons (Fsp3) is 0.205. The maximum atomic E-state index is 13.5. The van der Waals surface area contributed by atoms with E-state index < -0.39 is 12.6 Å². The first kappa shape index (κ1) is 29.3. The molecule has 0 N–H and O–H groups in total. The van der Waals surface area contributed by atoms with Crippen LogP contribution in [0.2, 0.25) is 0 Å². The molecule has 2 heterocycles. The molecule has 2 amide bonds. The number of nitrogens with zero attached hydrogens (tertiary/aromatic N) is 2. The van der Waals surface area contributed by atoms with Crippen LogP contribution in [0.25, 0.3) is 33.3 Å². The number of hydrogen-bond acceptors (Lipinski definition) is 6. The molecule has 7 rings (SSSR count). The molecule has 7 nitrogen and oxygen atoms in total. The van der Waals surface area contributed by atoms with Crippen molar-refractivity contribution in [1.29, 1.82) is 0 Å². The number of aryl methyl sites for hydroxylation is 1. The summed E-state index contributed by atoms with van der Waals surface area (Å²) in [4.78, 5) is 58.7. The van der Waals surface area contributed by atoms with Gasteiger partial charge in [0, 0.05) is 16.5 Å². The van der Waals surface area contributed by atoms with Gasteiger partial charge in [-0.05, 0) is 61.2 Å². The van der Waals surface area contributed by atoms with Crippen molar-refractivity contribution in [2.24, 2.45) is 11.8 Å². The van der Waals surface area contributed by atoms with Crippen LogP contribution < -0.4 is 4.90 Å². The molecular formula is C39H32N2O5. The molecule has 7 heteroatoms. The van der Waals surface area contributed by atoms with Crippen LogP contribution in [0.5, 0.6) is 0 Å². The number of imide groups is 1. The number of benzene rings is 4. The van der Waals surface area contributed by atoms with Gasteiger partial charge in [-0.2, -0.15) is 0 Å². The Morgan fingerprint density at radius 3 is 2.07 bits per heavy atom. The van der Waals surface area contributed by atoms with E-state index in [1.165, 1.54) is 4.90 Å². The van der Waals surface area contributed by atoms with E-state index >= 15 is 0 Å². The van der Waals surface area contributed by atoms with Crippen molar-refractivity contribution in [3.8, 4) is 22.4 Å². The minimum Gasteiger partial charge on any atom is -0.454 e. The molecule has 228 valence electrons. The average molecular weight is 609 g/mol. The fourth-order valence-electron chi connectivity index (χ4n) is 6.63. The first-order chi connectivity index (χ1) is 22.4. The van der Waals surface area contributed by atoms with E-state index in [2.05, 4.69) is 0 Å². The van der Waals surface area contributed by atoms with Gasteiger partial charge >= 0.3 is 5.97 Å². The van der Waals surface area contributed by atoms with Gasteiger partial charge in [0.15, 0.2) is 12.4 Å². The highest BCUT2D eigenvalue weighted by molar-refractivity contribution is 6.22. The highest BCUT2D eigenvalue weighted by atomic mass is 16.5. The van der Waals surface area contributed by atoms with Crippen LogP contribution in [0, 0.1) is 18.8 Å². The molecule has 2 aliphatic rings. The summed E-state index contributed by atoms with van der Waals surface area (Å²) < 4.78 is 5.56. The number of fused-ring (bicyclic) bond motifs is 2. The number of carbonyl (C=O) groups excluding carboxylic acids is 4. The molecule has 1 aliphatic heterocycles. The third kappa shape index (κ3) is 5.49. The van der Waals surface area contributed by atoms with Crippen LogP contribution in [-0.2, 0) is 14.3 Å². The molecule has 46 heavy (non-hydrogen) atoms. The summed E-state index contributed by atoms with van der Waals surface area (Å²) in [7, 11) is 0. The van der Waals surface area contributed by atoms with Crippen molar-refractivity contribution in [1.82, 2.24) is 4.98 Å². The smallest absolute Gasteiger partial charge is 0.339 e. The molecular weight excluding hydrogens is 576 g/mol. The molecule has 2 unspecified atom stereocenters. The van der Waals surface area contributed by atoms with Gasteiger partial charge in [-0.3, -0.25) is 19.3 Å². The lowest BCUT2D eigenvalue weighted by molar-refractivity contribution is -0.122. The van der Waals surface area contributed by atoms with E-state index in [0.29, 0.717) is 39.0 Å². The fourth-order valence-corrected chi connectivity index (χ4v) is 6.63. The SMILES string of the molecule is Cc1ccc2nc(-c3ccc(N4C(=O)C5CCCCC5C4=O)cc3)cc(C(=O)OCC(=O)c3ccc(-c4ccccc4)cc3)c2c1. The predicted octanol–water partition coefficient (Wildman–Crippen LogP) is 7.60. The Balaban J connectivity index is 1.12. The maximum absolute atomic E-state index is 13.5. The van der Waals surface area contributed by atoms with Crippen LogP contribution in [0.15, 0.2) is 103 Å². The van der Waals surface area contributed by atoms with E-state index in [0.717, 1.165) is 42.4 Å². The maximum Gasteiger partial charge on any atom is 0.339 e. The second kappa shape index (κ2) is 12.2.